The molecule has 2 rings (SSSR count). The molecule has 1 heterocycles. The maximum Gasteiger partial charge on any atom is 0.165 e. The molecule has 0 aliphatic carbocycles. The van der Waals surface area contributed by atoms with Gasteiger partial charge in [0.15, 0.2) is 11.6 Å². The van der Waals surface area contributed by atoms with Gasteiger partial charge in [0, 0.05) is 18.0 Å². The number of anilines is 1. The third kappa shape index (κ3) is 3.19. The Balaban J connectivity index is 2.17. The van der Waals surface area contributed by atoms with Crippen LogP contribution in [-0.2, 0) is 0 Å². The number of ether oxygens (including phenoxy) is 1. The van der Waals surface area contributed by atoms with Crippen molar-refractivity contribution in [2.24, 2.45) is 0 Å². The Bertz CT molecular complexity index is 575. The van der Waals surface area contributed by atoms with Gasteiger partial charge in [-0.15, -0.1) is 0 Å². The third-order valence-electron chi connectivity index (χ3n) is 2.76. The average Bonchev–Trinajstić information content (AvgIpc) is 2.41. The van der Waals surface area contributed by atoms with Gasteiger partial charge in [0.2, 0.25) is 0 Å². The zero-order valence-electron chi connectivity index (χ0n) is 10.7. The third-order valence-corrected chi connectivity index (χ3v) is 2.76. The fraction of sp³-hybridized carbons (Fsp3) is 0.214. The SMILES string of the molecule is COc1cc(NC(C)c2cncc(F)c2)ccc1F. The van der Waals surface area contributed by atoms with Gasteiger partial charge in [0.05, 0.1) is 19.3 Å². The fourth-order valence-electron chi connectivity index (χ4n) is 1.75. The molecule has 1 aromatic heterocycles. The highest BCUT2D eigenvalue weighted by Crippen LogP contribution is 2.25. The minimum Gasteiger partial charge on any atom is -0.494 e. The lowest BCUT2D eigenvalue weighted by molar-refractivity contribution is 0.387. The zero-order valence-corrected chi connectivity index (χ0v) is 10.7. The number of halogens is 2. The van der Waals surface area contributed by atoms with Gasteiger partial charge in [-0.2, -0.15) is 0 Å². The molecule has 0 amide bonds. The molecule has 0 spiro atoms. The number of rotatable bonds is 4. The molecule has 1 N–H and O–H groups in total. The van der Waals surface area contributed by atoms with Gasteiger partial charge < -0.3 is 10.1 Å². The monoisotopic (exact) mass is 264 g/mol. The fourth-order valence-corrected chi connectivity index (χ4v) is 1.75. The smallest absolute Gasteiger partial charge is 0.165 e. The summed E-state index contributed by atoms with van der Waals surface area (Å²) in [7, 11) is 1.40. The maximum absolute atomic E-state index is 13.3. The first kappa shape index (κ1) is 13.3. The molecule has 100 valence electrons. The predicted octanol–water partition coefficient (Wildman–Crippen LogP) is 3.54. The van der Waals surface area contributed by atoms with Crippen molar-refractivity contribution in [3.63, 3.8) is 0 Å². The van der Waals surface area contributed by atoms with E-state index >= 15 is 0 Å². The van der Waals surface area contributed by atoms with Gasteiger partial charge in [-0.05, 0) is 30.7 Å². The quantitative estimate of drug-likeness (QED) is 0.917. The van der Waals surface area contributed by atoms with Gasteiger partial charge in [0.1, 0.15) is 5.82 Å². The zero-order chi connectivity index (χ0) is 13.8. The summed E-state index contributed by atoms with van der Waals surface area (Å²) in [5, 5.41) is 3.13. The molecule has 0 radical (unpaired) electrons. The number of hydrogen-bond acceptors (Lipinski definition) is 3. The highest BCUT2D eigenvalue weighted by atomic mass is 19.1. The summed E-state index contributed by atoms with van der Waals surface area (Å²) in [6.45, 7) is 1.87. The van der Waals surface area contributed by atoms with Crippen molar-refractivity contribution in [2.75, 3.05) is 12.4 Å². The molecule has 0 aliphatic rings. The van der Waals surface area contributed by atoms with Crippen molar-refractivity contribution in [3.05, 3.63) is 53.9 Å². The Labute approximate surface area is 110 Å². The molecule has 3 nitrogen and oxygen atoms in total. The Kier molecular flexibility index (Phi) is 3.94. The summed E-state index contributed by atoms with van der Waals surface area (Å²) in [6, 6.07) is 5.72. The second-order valence-electron chi connectivity index (χ2n) is 4.15. The number of benzene rings is 1. The normalized spacial score (nSPS) is 12.0. The van der Waals surface area contributed by atoms with Crippen LogP contribution in [0.1, 0.15) is 18.5 Å². The van der Waals surface area contributed by atoms with Crippen LogP contribution in [0.4, 0.5) is 14.5 Å². The van der Waals surface area contributed by atoms with E-state index in [1.807, 2.05) is 6.92 Å². The lowest BCUT2D eigenvalue weighted by Crippen LogP contribution is -2.07. The van der Waals surface area contributed by atoms with Crippen molar-refractivity contribution >= 4 is 5.69 Å². The number of nitrogens with zero attached hydrogens (tertiary/aromatic N) is 1. The molecule has 1 unspecified atom stereocenters. The van der Waals surface area contributed by atoms with E-state index in [1.165, 1.54) is 19.2 Å². The van der Waals surface area contributed by atoms with E-state index in [0.29, 0.717) is 11.3 Å². The summed E-state index contributed by atoms with van der Waals surface area (Å²) < 4.78 is 31.3. The van der Waals surface area contributed by atoms with Crippen LogP contribution in [0.5, 0.6) is 5.75 Å². The largest absolute Gasteiger partial charge is 0.494 e. The van der Waals surface area contributed by atoms with E-state index in [9.17, 15) is 8.78 Å². The predicted molar refractivity (Wildman–Crippen MR) is 69.2 cm³/mol. The number of hydrogen-bond donors (Lipinski definition) is 1. The first-order valence-corrected chi connectivity index (χ1v) is 5.80. The maximum atomic E-state index is 13.3. The topological polar surface area (TPSA) is 34.1 Å². The Morgan fingerprint density at radius 1 is 1.21 bits per heavy atom. The summed E-state index contributed by atoms with van der Waals surface area (Å²) >= 11 is 0. The van der Waals surface area contributed by atoms with Crippen LogP contribution in [0.25, 0.3) is 0 Å². The molecule has 0 saturated carbocycles. The van der Waals surface area contributed by atoms with Gasteiger partial charge in [-0.25, -0.2) is 8.78 Å². The van der Waals surface area contributed by atoms with Crippen molar-refractivity contribution in [3.8, 4) is 5.75 Å². The summed E-state index contributed by atoms with van der Waals surface area (Å²) in [5.41, 5.74) is 1.40. The molecule has 19 heavy (non-hydrogen) atoms. The van der Waals surface area contributed by atoms with Gasteiger partial charge in [0.25, 0.3) is 0 Å². The van der Waals surface area contributed by atoms with Crippen molar-refractivity contribution in [1.82, 2.24) is 4.98 Å². The van der Waals surface area contributed by atoms with Crippen LogP contribution in [0, 0.1) is 11.6 Å². The minimum atomic E-state index is -0.423. The van der Waals surface area contributed by atoms with Crippen LogP contribution in [0.2, 0.25) is 0 Å². The summed E-state index contributed by atoms with van der Waals surface area (Å²) in [4.78, 5) is 3.80. The van der Waals surface area contributed by atoms with Crippen LogP contribution in [0.3, 0.4) is 0 Å². The summed E-state index contributed by atoms with van der Waals surface area (Å²) in [6.07, 6.45) is 2.73. The minimum absolute atomic E-state index is 0.154. The molecule has 0 aliphatic heterocycles. The van der Waals surface area contributed by atoms with E-state index in [2.05, 4.69) is 10.3 Å². The molecule has 1 atom stereocenters. The molecule has 2 aromatic rings. The second kappa shape index (κ2) is 5.65. The Morgan fingerprint density at radius 3 is 2.68 bits per heavy atom. The van der Waals surface area contributed by atoms with E-state index in [1.54, 1.807) is 18.3 Å². The van der Waals surface area contributed by atoms with Gasteiger partial charge >= 0.3 is 0 Å². The van der Waals surface area contributed by atoms with E-state index < -0.39 is 5.82 Å². The first-order chi connectivity index (χ1) is 9.10. The lowest BCUT2D eigenvalue weighted by Gasteiger charge is -2.16. The van der Waals surface area contributed by atoms with Crippen LogP contribution in [0.15, 0.2) is 36.7 Å². The number of pyridine rings is 1. The number of nitrogens with one attached hydrogen (secondary N) is 1. The molecular weight excluding hydrogens is 250 g/mol. The standard InChI is InChI=1S/C14H14F2N2O/c1-9(10-5-11(15)8-17-7-10)18-12-3-4-13(16)14(6-12)19-2/h3-9,18H,1-2H3. The molecule has 5 heteroatoms. The van der Waals surface area contributed by atoms with Gasteiger partial charge in [-0.1, -0.05) is 0 Å². The van der Waals surface area contributed by atoms with Crippen LogP contribution >= 0.6 is 0 Å². The lowest BCUT2D eigenvalue weighted by atomic mass is 10.1. The van der Waals surface area contributed by atoms with Crippen molar-refractivity contribution in [2.45, 2.75) is 13.0 Å². The van der Waals surface area contributed by atoms with Crippen LogP contribution < -0.4 is 10.1 Å². The molecule has 0 fully saturated rings. The van der Waals surface area contributed by atoms with Crippen molar-refractivity contribution in [1.29, 1.82) is 0 Å². The average molecular weight is 264 g/mol. The highest BCUT2D eigenvalue weighted by molar-refractivity contribution is 5.50. The molecule has 0 saturated heterocycles. The van der Waals surface area contributed by atoms with E-state index in [4.69, 9.17) is 4.74 Å². The molecular formula is C14H14F2N2O. The second-order valence-corrected chi connectivity index (χ2v) is 4.15. The number of aromatic nitrogens is 1. The number of methoxy groups -OCH3 is 1. The highest BCUT2D eigenvalue weighted by Gasteiger charge is 2.09. The van der Waals surface area contributed by atoms with Gasteiger partial charge in [-0.3, -0.25) is 4.98 Å². The van der Waals surface area contributed by atoms with E-state index in [0.717, 1.165) is 6.20 Å². The van der Waals surface area contributed by atoms with E-state index in [-0.39, 0.29) is 17.6 Å². The molecule has 0 bridgehead atoms. The Morgan fingerprint density at radius 2 is 2.00 bits per heavy atom. The van der Waals surface area contributed by atoms with Crippen molar-refractivity contribution < 1.29 is 13.5 Å². The Hall–Kier alpha value is -2.17. The summed E-state index contributed by atoms with van der Waals surface area (Å²) in [5.74, 6) is -0.648. The first-order valence-electron chi connectivity index (χ1n) is 5.80. The molecule has 1 aromatic carbocycles. The van der Waals surface area contributed by atoms with Crippen LogP contribution in [-0.4, -0.2) is 12.1 Å².